The highest BCUT2D eigenvalue weighted by atomic mass is 16.5. The first kappa shape index (κ1) is 15.2. The topological polar surface area (TPSA) is 17.4 Å². The van der Waals surface area contributed by atoms with Gasteiger partial charge in [0, 0.05) is 36.7 Å². The average molecular weight is 318 g/mol. The summed E-state index contributed by atoms with van der Waals surface area (Å²) in [5, 5.41) is 0. The number of rotatable bonds is 4. The predicted molar refractivity (Wildman–Crippen MR) is 96.1 cm³/mol. The normalized spacial score (nSPS) is 18.1. The van der Waals surface area contributed by atoms with E-state index in [4.69, 9.17) is 4.74 Å². The van der Waals surface area contributed by atoms with E-state index >= 15 is 0 Å². The SMILES string of the molecule is Cc1ccc(-n2ccc([C@@H]3OCCN3Cc3ccccc3)c2)cc1. The van der Waals surface area contributed by atoms with Crippen molar-refractivity contribution in [2.75, 3.05) is 13.2 Å². The van der Waals surface area contributed by atoms with Crippen LogP contribution in [0.3, 0.4) is 0 Å². The van der Waals surface area contributed by atoms with Crippen LogP contribution in [0.4, 0.5) is 0 Å². The van der Waals surface area contributed by atoms with Gasteiger partial charge in [0.25, 0.3) is 0 Å². The molecule has 1 aliphatic heterocycles. The maximum Gasteiger partial charge on any atom is 0.138 e. The van der Waals surface area contributed by atoms with Crippen LogP contribution in [0.5, 0.6) is 0 Å². The Hall–Kier alpha value is -2.36. The standard InChI is InChI=1S/C21H22N2O/c1-17-7-9-20(10-8-17)22-12-11-19(16-22)21-23(13-14-24-21)15-18-5-3-2-4-6-18/h2-12,16,21H,13-15H2,1H3/t21-/m0/s1. The number of hydrogen-bond acceptors (Lipinski definition) is 2. The van der Waals surface area contributed by atoms with E-state index in [-0.39, 0.29) is 6.23 Å². The Morgan fingerprint density at radius 3 is 2.58 bits per heavy atom. The van der Waals surface area contributed by atoms with E-state index in [0.29, 0.717) is 0 Å². The van der Waals surface area contributed by atoms with E-state index in [1.165, 1.54) is 22.4 Å². The summed E-state index contributed by atoms with van der Waals surface area (Å²) in [5.41, 5.74) is 4.99. The molecule has 0 amide bonds. The third-order valence-electron chi connectivity index (χ3n) is 4.55. The fourth-order valence-electron chi connectivity index (χ4n) is 3.23. The summed E-state index contributed by atoms with van der Waals surface area (Å²) < 4.78 is 8.17. The molecule has 0 N–H and O–H groups in total. The van der Waals surface area contributed by atoms with Gasteiger partial charge in [-0.05, 0) is 30.7 Å². The van der Waals surface area contributed by atoms with E-state index in [1.807, 2.05) is 0 Å². The summed E-state index contributed by atoms with van der Waals surface area (Å²) in [4.78, 5) is 2.39. The van der Waals surface area contributed by atoms with Crippen LogP contribution in [0, 0.1) is 6.92 Å². The van der Waals surface area contributed by atoms with Crippen LogP contribution >= 0.6 is 0 Å². The predicted octanol–water partition coefficient (Wildman–Crippen LogP) is 4.32. The highest BCUT2D eigenvalue weighted by molar-refractivity contribution is 5.36. The Balaban J connectivity index is 1.53. The number of nitrogens with zero attached hydrogens (tertiary/aromatic N) is 2. The average Bonchev–Trinajstić information content (AvgIpc) is 3.25. The zero-order valence-electron chi connectivity index (χ0n) is 13.9. The Morgan fingerprint density at radius 1 is 1.00 bits per heavy atom. The van der Waals surface area contributed by atoms with Gasteiger partial charge in [-0.15, -0.1) is 0 Å². The van der Waals surface area contributed by atoms with Crippen molar-refractivity contribution >= 4 is 0 Å². The van der Waals surface area contributed by atoms with E-state index in [1.54, 1.807) is 0 Å². The first-order valence-electron chi connectivity index (χ1n) is 8.44. The molecule has 0 unspecified atom stereocenters. The molecule has 4 rings (SSSR count). The van der Waals surface area contributed by atoms with E-state index in [9.17, 15) is 0 Å². The molecule has 122 valence electrons. The Labute approximate surface area is 143 Å². The van der Waals surface area contributed by atoms with Crippen molar-refractivity contribution < 1.29 is 4.74 Å². The molecule has 0 aliphatic carbocycles. The second-order valence-corrected chi connectivity index (χ2v) is 6.37. The van der Waals surface area contributed by atoms with Gasteiger partial charge in [-0.2, -0.15) is 0 Å². The van der Waals surface area contributed by atoms with E-state index in [0.717, 1.165) is 19.7 Å². The van der Waals surface area contributed by atoms with Gasteiger partial charge in [0.2, 0.25) is 0 Å². The molecule has 1 saturated heterocycles. The van der Waals surface area contributed by atoms with Crippen LogP contribution in [0.2, 0.25) is 0 Å². The lowest BCUT2D eigenvalue weighted by Gasteiger charge is -2.22. The molecule has 2 heterocycles. The van der Waals surface area contributed by atoms with E-state index in [2.05, 4.69) is 89.4 Å². The molecule has 24 heavy (non-hydrogen) atoms. The highest BCUT2D eigenvalue weighted by Gasteiger charge is 2.27. The van der Waals surface area contributed by atoms with Crippen molar-refractivity contribution in [1.82, 2.24) is 9.47 Å². The van der Waals surface area contributed by atoms with Gasteiger partial charge in [-0.1, -0.05) is 48.0 Å². The fraction of sp³-hybridized carbons (Fsp3) is 0.238. The zero-order chi connectivity index (χ0) is 16.4. The second kappa shape index (κ2) is 6.63. The highest BCUT2D eigenvalue weighted by Crippen LogP contribution is 2.29. The molecule has 0 bridgehead atoms. The Morgan fingerprint density at radius 2 is 1.79 bits per heavy atom. The summed E-state index contributed by atoms with van der Waals surface area (Å²) >= 11 is 0. The molecule has 3 heteroatoms. The first-order chi connectivity index (χ1) is 11.8. The molecule has 2 aromatic carbocycles. The van der Waals surface area contributed by atoms with Crippen molar-refractivity contribution in [3.05, 3.63) is 89.7 Å². The number of benzene rings is 2. The minimum atomic E-state index is 0.0388. The van der Waals surface area contributed by atoms with Gasteiger partial charge < -0.3 is 9.30 Å². The van der Waals surface area contributed by atoms with Gasteiger partial charge in [0.1, 0.15) is 6.23 Å². The van der Waals surface area contributed by atoms with Crippen molar-refractivity contribution in [3.8, 4) is 5.69 Å². The lowest BCUT2D eigenvalue weighted by molar-refractivity contribution is 0.0288. The van der Waals surface area contributed by atoms with E-state index < -0.39 is 0 Å². The minimum Gasteiger partial charge on any atom is -0.357 e. The van der Waals surface area contributed by atoms with Gasteiger partial charge >= 0.3 is 0 Å². The molecule has 1 aromatic heterocycles. The second-order valence-electron chi connectivity index (χ2n) is 6.37. The van der Waals surface area contributed by atoms with Crippen LogP contribution in [0.1, 0.15) is 22.9 Å². The van der Waals surface area contributed by atoms with Crippen molar-refractivity contribution in [2.24, 2.45) is 0 Å². The molecule has 3 nitrogen and oxygen atoms in total. The molecule has 1 fully saturated rings. The van der Waals surface area contributed by atoms with Crippen LogP contribution in [-0.4, -0.2) is 22.6 Å². The van der Waals surface area contributed by atoms with Gasteiger partial charge in [-0.3, -0.25) is 4.90 Å². The zero-order valence-corrected chi connectivity index (χ0v) is 13.9. The van der Waals surface area contributed by atoms with Crippen LogP contribution in [0.15, 0.2) is 73.1 Å². The quantitative estimate of drug-likeness (QED) is 0.713. The molecular weight excluding hydrogens is 296 g/mol. The lowest BCUT2D eigenvalue weighted by Crippen LogP contribution is -2.23. The fourth-order valence-corrected chi connectivity index (χ4v) is 3.23. The summed E-state index contributed by atoms with van der Waals surface area (Å²) in [5.74, 6) is 0. The molecule has 0 saturated carbocycles. The van der Waals surface area contributed by atoms with Gasteiger partial charge in [0.15, 0.2) is 0 Å². The van der Waals surface area contributed by atoms with Gasteiger partial charge in [0.05, 0.1) is 6.61 Å². The Bertz CT molecular complexity index is 792. The molecule has 0 radical (unpaired) electrons. The number of aromatic nitrogens is 1. The molecule has 0 spiro atoms. The number of hydrogen-bond donors (Lipinski definition) is 0. The first-order valence-corrected chi connectivity index (χ1v) is 8.44. The monoisotopic (exact) mass is 318 g/mol. The molecule has 1 aliphatic rings. The van der Waals surface area contributed by atoms with Crippen molar-refractivity contribution in [2.45, 2.75) is 19.7 Å². The molecule has 3 aromatic rings. The van der Waals surface area contributed by atoms with Crippen LogP contribution < -0.4 is 0 Å². The van der Waals surface area contributed by atoms with Crippen LogP contribution in [-0.2, 0) is 11.3 Å². The van der Waals surface area contributed by atoms with Gasteiger partial charge in [-0.25, -0.2) is 0 Å². The number of ether oxygens (including phenoxy) is 1. The molecule has 1 atom stereocenters. The third-order valence-corrected chi connectivity index (χ3v) is 4.55. The summed E-state index contributed by atoms with van der Waals surface area (Å²) in [7, 11) is 0. The maximum absolute atomic E-state index is 6.00. The Kier molecular flexibility index (Phi) is 4.20. The summed E-state index contributed by atoms with van der Waals surface area (Å²) in [6, 6.07) is 21.3. The summed E-state index contributed by atoms with van der Waals surface area (Å²) in [6.07, 6.45) is 4.33. The van der Waals surface area contributed by atoms with Crippen molar-refractivity contribution in [1.29, 1.82) is 0 Å². The number of aryl methyl sites for hydroxylation is 1. The maximum atomic E-state index is 6.00. The van der Waals surface area contributed by atoms with Crippen LogP contribution in [0.25, 0.3) is 5.69 Å². The molecular formula is C21H22N2O. The minimum absolute atomic E-state index is 0.0388. The smallest absolute Gasteiger partial charge is 0.138 e. The lowest BCUT2D eigenvalue weighted by atomic mass is 10.2. The van der Waals surface area contributed by atoms with Crippen molar-refractivity contribution in [3.63, 3.8) is 0 Å². The third kappa shape index (κ3) is 3.14. The summed E-state index contributed by atoms with van der Waals surface area (Å²) in [6.45, 7) is 4.78. The largest absolute Gasteiger partial charge is 0.357 e.